The number of fused-ring (bicyclic) bond motifs is 1. The smallest absolute Gasteiger partial charge is 0.232 e. The molecule has 0 fully saturated rings. The minimum absolute atomic E-state index is 0.00937. The van der Waals surface area contributed by atoms with E-state index in [9.17, 15) is 22.0 Å². The molecule has 0 bridgehead atoms. The number of aryl methyl sites for hydroxylation is 2. The number of sulfonamides is 1. The first-order chi connectivity index (χ1) is 14.1. The lowest BCUT2D eigenvalue weighted by atomic mass is 10.0. The summed E-state index contributed by atoms with van der Waals surface area (Å²) in [5.41, 5.74) is 3.78. The molecule has 1 aliphatic carbocycles. The molecule has 0 spiro atoms. The molecule has 1 amide bonds. The predicted molar refractivity (Wildman–Crippen MR) is 113 cm³/mol. The number of benzene rings is 2. The predicted octanol–water partition coefficient (Wildman–Crippen LogP) is 3.88. The Kier molecular flexibility index (Phi) is 6.75. The number of carbonyl (C=O) groups is 1. The molecule has 0 saturated carbocycles. The average Bonchev–Trinajstić information content (AvgIpc) is 3.14. The van der Waals surface area contributed by atoms with Crippen molar-refractivity contribution in [1.29, 1.82) is 0 Å². The van der Waals surface area contributed by atoms with Gasteiger partial charge in [0, 0.05) is 19.0 Å². The summed E-state index contributed by atoms with van der Waals surface area (Å²) in [6.07, 6.45) is 4.68. The lowest BCUT2D eigenvalue weighted by molar-refractivity contribution is -0.121. The Bertz CT molecular complexity index is 1040. The van der Waals surface area contributed by atoms with Crippen molar-refractivity contribution in [1.82, 2.24) is 5.32 Å². The van der Waals surface area contributed by atoms with Crippen LogP contribution in [-0.4, -0.2) is 27.1 Å². The first-order valence-electron chi connectivity index (χ1n) is 9.99. The molecule has 0 unspecified atom stereocenters. The van der Waals surface area contributed by atoms with Crippen molar-refractivity contribution < 1.29 is 22.0 Å². The van der Waals surface area contributed by atoms with E-state index >= 15 is 0 Å². The number of hydrogen-bond donors (Lipinski definition) is 1. The number of amides is 1. The van der Waals surface area contributed by atoms with Crippen LogP contribution in [0.15, 0.2) is 36.4 Å². The number of anilines is 1. The van der Waals surface area contributed by atoms with Crippen molar-refractivity contribution in [2.75, 3.05) is 17.1 Å². The zero-order valence-corrected chi connectivity index (χ0v) is 17.9. The molecule has 2 aromatic rings. The van der Waals surface area contributed by atoms with Gasteiger partial charge in [-0.05, 0) is 61.4 Å². The Morgan fingerprint density at radius 3 is 2.53 bits per heavy atom. The van der Waals surface area contributed by atoms with E-state index < -0.39 is 21.7 Å². The molecule has 1 N–H and O–H groups in total. The van der Waals surface area contributed by atoms with Gasteiger partial charge in [-0.25, -0.2) is 17.2 Å². The summed E-state index contributed by atoms with van der Waals surface area (Å²) in [6.45, 7) is 1.91. The zero-order valence-electron chi connectivity index (χ0n) is 17.1. The maximum Gasteiger partial charge on any atom is 0.232 e. The van der Waals surface area contributed by atoms with Gasteiger partial charge in [-0.2, -0.15) is 0 Å². The van der Waals surface area contributed by atoms with Gasteiger partial charge in [0.25, 0.3) is 0 Å². The first-order valence-corrected chi connectivity index (χ1v) is 11.8. The van der Waals surface area contributed by atoms with E-state index in [1.165, 1.54) is 17.2 Å². The Hall–Kier alpha value is -2.48. The molecular weight excluding hydrogens is 410 g/mol. The van der Waals surface area contributed by atoms with Gasteiger partial charge in [0.2, 0.25) is 15.9 Å². The van der Waals surface area contributed by atoms with Gasteiger partial charge in [0.05, 0.1) is 18.0 Å². The molecular formula is C22H26F2N2O3S. The molecule has 2 aromatic carbocycles. The van der Waals surface area contributed by atoms with E-state index in [2.05, 4.69) is 17.4 Å². The number of rotatable bonds is 8. The van der Waals surface area contributed by atoms with Crippen molar-refractivity contribution in [3.05, 3.63) is 64.7 Å². The van der Waals surface area contributed by atoms with E-state index in [4.69, 9.17) is 0 Å². The normalized spacial score (nSPS) is 14.3. The van der Waals surface area contributed by atoms with Crippen LogP contribution in [0.1, 0.15) is 48.9 Å². The molecule has 0 aromatic heterocycles. The maximum absolute atomic E-state index is 13.5. The highest BCUT2D eigenvalue weighted by Gasteiger charge is 2.20. The van der Waals surface area contributed by atoms with Gasteiger partial charge in [0.1, 0.15) is 0 Å². The molecule has 30 heavy (non-hydrogen) atoms. The van der Waals surface area contributed by atoms with Crippen LogP contribution in [0.2, 0.25) is 0 Å². The Morgan fingerprint density at radius 2 is 1.83 bits per heavy atom. The second-order valence-corrected chi connectivity index (χ2v) is 9.61. The lowest BCUT2D eigenvalue weighted by Gasteiger charge is -2.22. The minimum atomic E-state index is -3.70. The number of nitrogens with zero attached hydrogens (tertiary/aromatic N) is 1. The van der Waals surface area contributed by atoms with E-state index in [1.54, 1.807) is 0 Å². The van der Waals surface area contributed by atoms with Gasteiger partial charge in [0.15, 0.2) is 11.6 Å². The van der Waals surface area contributed by atoms with Gasteiger partial charge in [-0.3, -0.25) is 9.10 Å². The van der Waals surface area contributed by atoms with Crippen LogP contribution in [-0.2, 0) is 27.7 Å². The average molecular weight is 437 g/mol. The Labute approximate surface area is 176 Å². The fraction of sp³-hybridized carbons (Fsp3) is 0.409. The lowest BCUT2D eigenvalue weighted by Crippen LogP contribution is -2.32. The van der Waals surface area contributed by atoms with Crippen molar-refractivity contribution >= 4 is 21.6 Å². The summed E-state index contributed by atoms with van der Waals surface area (Å²) in [5, 5.41) is 2.94. The third kappa shape index (κ3) is 5.36. The first kappa shape index (κ1) is 22.2. The fourth-order valence-electron chi connectivity index (χ4n) is 3.77. The highest BCUT2D eigenvalue weighted by atomic mass is 32.2. The van der Waals surface area contributed by atoms with Crippen molar-refractivity contribution in [3.63, 3.8) is 0 Å². The second-order valence-electron chi connectivity index (χ2n) is 7.71. The monoisotopic (exact) mass is 436 g/mol. The summed E-state index contributed by atoms with van der Waals surface area (Å²) in [4.78, 5) is 12.3. The summed E-state index contributed by atoms with van der Waals surface area (Å²) < 4.78 is 51.8. The third-order valence-electron chi connectivity index (χ3n) is 5.36. The summed E-state index contributed by atoms with van der Waals surface area (Å²) >= 11 is 0. The second kappa shape index (κ2) is 9.12. The molecule has 1 atom stereocenters. The van der Waals surface area contributed by atoms with Crippen LogP contribution in [0.3, 0.4) is 0 Å². The standard InChI is InChI=1S/C22H26F2N2O3S/c1-15(17-9-8-16-5-3-6-18(16)13-17)25-22(27)7-4-12-26(30(2,28)29)19-10-11-20(23)21(24)14-19/h8-11,13-15H,3-7,12H2,1-2H3,(H,25,27)/t15-/m1/s1. The highest BCUT2D eigenvalue weighted by molar-refractivity contribution is 7.92. The van der Waals surface area contributed by atoms with Crippen LogP contribution < -0.4 is 9.62 Å². The summed E-state index contributed by atoms with van der Waals surface area (Å²) in [5.74, 6) is -2.36. The molecule has 0 aliphatic heterocycles. The highest BCUT2D eigenvalue weighted by Crippen LogP contribution is 2.25. The molecule has 5 nitrogen and oxygen atoms in total. The van der Waals surface area contributed by atoms with Crippen LogP contribution in [0, 0.1) is 11.6 Å². The molecule has 1 aliphatic rings. The van der Waals surface area contributed by atoms with Crippen LogP contribution >= 0.6 is 0 Å². The number of hydrogen-bond acceptors (Lipinski definition) is 3. The zero-order chi connectivity index (χ0) is 21.9. The number of halogens is 2. The summed E-state index contributed by atoms with van der Waals surface area (Å²) in [7, 11) is -3.70. The number of carbonyl (C=O) groups excluding carboxylic acids is 1. The fourth-order valence-corrected chi connectivity index (χ4v) is 4.73. The van der Waals surface area contributed by atoms with Gasteiger partial charge in [-0.15, -0.1) is 0 Å². The van der Waals surface area contributed by atoms with Crippen molar-refractivity contribution in [2.24, 2.45) is 0 Å². The molecule has 162 valence electrons. The van der Waals surface area contributed by atoms with Crippen LogP contribution in [0.5, 0.6) is 0 Å². The largest absolute Gasteiger partial charge is 0.350 e. The Balaban J connectivity index is 1.57. The Morgan fingerprint density at radius 1 is 1.10 bits per heavy atom. The minimum Gasteiger partial charge on any atom is -0.350 e. The van der Waals surface area contributed by atoms with E-state index in [0.29, 0.717) is 0 Å². The van der Waals surface area contributed by atoms with Crippen molar-refractivity contribution in [3.8, 4) is 0 Å². The van der Waals surface area contributed by atoms with Gasteiger partial charge < -0.3 is 5.32 Å². The quantitative estimate of drug-likeness (QED) is 0.683. The molecule has 0 saturated heterocycles. The summed E-state index contributed by atoms with van der Waals surface area (Å²) in [6, 6.07) is 9.06. The van der Waals surface area contributed by atoms with E-state index in [-0.39, 0.29) is 37.0 Å². The van der Waals surface area contributed by atoms with Gasteiger partial charge in [-0.1, -0.05) is 18.2 Å². The topological polar surface area (TPSA) is 66.5 Å². The molecule has 8 heteroatoms. The third-order valence-corrected chi connectivity index (χ3v) is 6.55. The van der Waals surface area contributed by atoms with E-state index in [1.807, 2.05) is 13.0 Å². The molecule has 0 heterocycles. The van der Waals surface area contributed by atoms with E-state index in [0.717, 1.165) is 47.5 Å². The molecule has 3 rings (SSSR count). The number of nitrogens with one attached hydrogen (secondary N) is 1. The van der Waals surface area contributed by atoms with Crippen molar-refractivity contribution in [2.45, 2.75) is 45.1 Å². The SMILES string of the molecule is C[C@@H](NC(=O)CCCN(c1ccc(F)c(F)c1)S(C)(=O)=O)c1ccc2c(c1)CCC2. The van der Waals surface area contributed by atoms with Crippen LogP contribution in [0.4, 0.5) is 14.5 Å². The van der Waals surface area contributed by atoms with Gasteiger partial charge >= 0.3 is 0 Å². The van der Waals surface area contributed by atoms with Crippen LogP contribution in [0.25, 0.3) is 0 Å². The maximum atomic E-state index is 13.5. The molecule has 0 radical (unpaired) electrons.